The monoisotopic (exact) mass is 319 g/mol. The average Bonchev–Trinajstić information content (AvgIpc) is 2.80. The second-order valence-electron chi connectivity index (χ2n) is 6.10. The third kappa shape index (κ3) is 2.98. The molecule has 0 bridgehead atoms. The predicted octanol–water partition coefficient (Wildman–Crippen LogP) is 1.85. The third-order valence-electron chi connectivity index (χ3n) is 4.16. The normalized spacial score (nSPS) is 23.0. The number of anilines is 2. The largest absolute Gasteiger partial charge is 0.435 e. The van der Waals surface area contributed by atoms with E-state index < -0.39 is 23.1 Å². The van der Waals surface area contributed by atoms with Gasteiger partial charge >= 0.3 is 6.18 Å². The number of alkyl halides is 3. The summed E-state index contributed by atoms with van der Waals surface area (Å²) in [5.74, 6) is 0. The van der Waals surface area contributed by atoms with Crippen molar-refractivity contribution in [2.24, 2.45) is 0 Å². The van der Waals surface area contributed by atoms with Crippen molar-refractivity contribution < 1.29 is 23.4 Å². The Kier molecular flexibility index (Phi) is 4.03. The number of rotatable bonds is 3. The van der Waals surface area contributed by atoms with E-state index in [0.29, 0.717) is 18.7 Å². The van der Waals surface area contributed by atoms with E-state index in [1.165, 1.54) is 27.0 Å². The molecule has 0 aliphatic carbocycles. The maximum Gasteiger partial charge on any atom is 0.435 e. The van der Waals surface area contributed by atoms with Gasteiger partial charge in [0.2, 0.25) is 0 Å². The van der Waals surface area contributed by atoms with Crippen molar-refractivity contribution in [3.8, 4) is 0 Å². The molecule has 0 saturated carbocycles. The standard InChI is InChI=1S/C14H20F3N3O2/c1-12(2,21)13(22)4-5-20(8-13)9-6-10(18-3)11(19-7-9)14(15,16)17/h6-7,18,21-22H,4-5,8H2,1-3H3. The molecule has 3 N–H and O–H groups in total. The van der Waals surface area contributed by atoms with Crippen LogP contribution in [-0.2, 0) is 6.18 Å². The minimum atomic E-state index is -4.53. The zero-order chi connectivity index (χ0) is 16.8. The number of aromatic nitrogens is 1. The number of nitrogens with one attached hydrogen (secondary N) is 1. The molecule has 0 radical (unpaired) electrons. The highest BCUT2D eigenvalue weighted by atomic mass is 19.4. The fourth-order valence-electron chi connectivity index (χ4n) is 2.56. The molecule has 8 heteroatoms. The van der Waals surface area contributed by atoms with Gasteiger partial charge in [-0.25, -0.2) is 4.98 Å². The summed E-state index contributed by atoms with van der Waals surface area (Å²) in [5, 5.41) is 23.0. The van der Waals surface area contributed by atoms with Gasteiger partial charge in [-0.3, -0.25) is 0 Å². The smallest absolute Gasteiger partial charge is 0.387 e. The zero-order valence-electron chi connectivity index (χ0n) is 12.7. The van der Waals surface area contributed by atoms with Crippen LogP contribution in [0.2, 0.25) is 0 Å². The molecule has 1 aromatic rings. The zero-order valence-corrected chi connectivity index (χ0v) is 12.7. The van der Waals surface area contributed by atoms with Crippen LogP contribution in [0.15, 0.2) is 12.3 Å². The molecule has 22 heavy (non-hydrogen) atoms. The summed E-state index contributed by atoms with van der Waals surface area (Å²) in [6.45, 7) is 3.59. The summed E-state index contributed by atoms with van der Waals surface area (Å²) in [6.07, 6.45) is -3.07. The second kappa shape index (κ2) is 5.27. The summed E-state index contributed by atoms with van der Waals surface area (Å²) in [7, 11) is 1.40. The molecule has 1 fully saturated rings. The minimum absolute atomic E-state index is 0.122. The Morgan fingerprint density at radius 1 is 1.36 bits per heavy atom. The van der Waals surface area contributed by atoms with Crippen molar-refractivity contribution in [2.75, 3.05) is 30.4 Å². The molecule has 1 aliphatic rings. The fraction of sp³-hybridized carbons (Fsp3) is 0.643. The lowest BCUT2D eigenvalue weighted by atomic mass is 9.85. The molecule has 0 amide bonds. The summed E-state index contributed by atoms with van der Waals surface area (Å²) in [4.78, 5) is 5.22. The number of hydrogen-bond acceptors (Lipinski definition) is 5. The van der Waals surface area contributed by atoms with Gasteiger partial charge in [-0.2, -0.15) is 13.2 Å². The number of aliphatic hydroxyl groups is 2. The van der Waals surface area contributed by atoms with Crippen LogP contribution in [0.5, 0.6) is 0 Å². The van der Waals surface area contributed by atoms with E-state index in [4.69, 9.17) is 0 Å². The lowest BCUT2D eigenvalue weighted by Gasteiger charge is -2.35. The molecule has 1 unspecified atom stereocenters. The molecule has 1 saturated heterocycles. The number of β-amino-alcohol motifs (C(OH)–C–C–N with tert-alkyl or cyclic N) is 1. The van der Waals surface area contributed by atoms with E-state index in [1.807, 2.05) is 0 Å². The van der Waals surface area contributed by atoms with Crippen LogP contribution in [-0.4, -0.2) is 46.5 Å². The molecule has 1 atom stereocenters. The molecule has 2 rings (SSSR count). The van der Waals surface area contributed by atoms with Gasteiger partial charge in [0.25, 0.3) is 0 Å². The van der Waals surface area contributed by atoms with Crippen LogP contribution < -0.4 is 10.2 Å². The van der Waals surface area contributed by atoms with E-state index in [2.05, 4.69) is 10.3 Å². The van der Waals surface area contributed by atoms with Crippen LogP contribution >= 0.6 is 0 Å². The lowest BCUT2D eigenvalue weighted by molar-refractivity contribution is -0.140. The maximum atomic E-state index is 12.8. The van der Waals surface area contributed by atoms with Gasteiger partial charge in [0.15, 0.2) is 5.69 Å². The highest BCUT2D eigenvalue weighted by Gasteiger charge is 2.47. The predicted molar refractivity (Wildman–Crippen MR) is 76.9 cm³/mol. The Labute approximate surface area is 126 Å². The van der Waals surface area contributed by atoms with Crippen LogP contribution in [0.4, 0.5) is 24.5 Å². The Morgan fingerprint density at radius 3 is 2.45 bits per heavy atom. The van der Waals surface area contributed by atoms with Crippen molar-refractivity contribution in [2.45, 2.75) is 37.6 Å². The Morgan fingerprint density at radius 2 is 2.00 bits per heavy atom. The van der Waals surface area contributed by atoms with Crippen LogP contribution in [0, 0.1) is 0 Å². The van der Waals surface area contributed by atoms with Gasteiger partial charge in [0, 0.05) is 20.1 Å². The topological polar surface area (TPSA) is 68.6 Å². The van der Waals surface area contributed by atoms with Gasteiger partial charge in [-0.15, -0.1) is 0 Å². The molecule has 1 aromatic heterocycles. The molecule has 124 valence electrons. The van der Waals surface area contributed by atoms with Gasteiger partial charge in [-0.05, 0) is 26.3 Å². The van der Waals surface area contributed by atoms with E-state index in [9.17, 15) is 23.4 Å². The highest BCUT2D eigenvalue weighted by molar-refractivity contribution is 5.60. The highest BCUT2D eigenvalue weighted by Crippen LogP contribution is 2.38. The van der Waals surface area contributed by atoms with Crippen molar-refractivity contribution in [1.29, 1.82) is 0 Å². The van der Waals surface area contributed by atoms with Gasteiger partial charge in [-0.1, -0.05) is 0 Å². The van der Waals surface area contributed by atoms with Gasteiger partial charge in [0.05, 0.1) is 23.2 Å². The van der Waals surface area contributed by atoms with E-state index in [-0.39, 0.29) is 12.2 Å². The van der Waals surface area contributed by atoms with Crippen molar-refractivity contribution in [1.82, 2.24) is 4.98 Å². The Balaban J connectivity index is 2.29. The first-order chi connectivity index (χ1) is 9.98. The fourth-order valence-corrected chi connectivity index (χ4v) is 2.56. The first-order valence-corrected chi connectivity index (χ1v) is 6.93. The second-order valence-corrected chi connectivity index (χ2v) is 6.10. The average molecular weight is 319 g/mol. The van der Waals surface area contributed by atoms with Crippen LogP contribution in [0.3, 0.4) is 0 Å². The lowest BCUT2D eigenvalue weighted by Crippen LogP contribution is -2.52. The summed E-state index contributed by atoms with van der Waals surface area (Å²) in [5.41, 5.74) is -3.24. The van der Waals surface area contributed by atoms with Crippen molar-refractivity contribution in [3.63, 3.8) is 0 Å². The Bertz CT molecular complexity index is 557. The number of nitrogens with zero attached hydrogens (tertiary/aromatic N) is 2. The third-order valence-corrected chi connectivity index (χ3v) is 4.16. The maximum absolute atomic E-state index is 12.8. The molecular formula is C14H20F3N3O2. The first-order valence-electron chi connectivity index (χ1n) is 6.93. The summed E-state index contributed by atoms with van der Waals surface area (Å²) < 4.78 is 38.5. The molecule has 1 aliphatic heterocycles. The molecule has 0 spiro atoms. The van der Waals surface area contributed by atoms with Gasteiger partial charge < -0.3 is 20.4 Å². The van der Waals surface area contributed by atoms with Gasteiger partial charge in [0.1, 0.15) is 5.60 Å². The number of hydrogen-bond donors (Lipinski definition) is 3. The first kappa shape index (κ1) is 16.8. The molecule has 2 heterocycles. The molecular weight excluding hydrogens is 299 g/mol. The van der Waals surface area contributed by atoms with Crippen LogP contribution in [0.1, 0.15) is 26.0 Å². The van der Waals surface area contributed by atoms with E-state index >= 15 is 0 Å². The molecule has 0 aromatic carbocycles. The van der Waals surface area contributed by atoms with Crippen molar-refractivity contribution >= 4 is 11.4 Å². The SMILES string of the molecule is CNc1cc(N2CCC(O)(C(C)(C)O)C2)cnc1C(F)(F)F. The van der Waals surface area contributed by atoms with Crippen molar-refractivity contribution in [3.05, 3.63) is 18.0 Å². The number of pyridine rings is 1. The quantitative estimate of drug-likeness (QED) is 0.793. The summed E-state index contributed by atoms with van der Waals surface area (Å²) in [6, 6.07) is 1.35. The van der Waals surface area contributed by atoms with E-state index in [0.717, 1.165) is 6.20 Å². The minimum Gasteiger partial charge on any atom is -0.387 e. The summed E-state index contributed by atoms with van der Waals surface area (Å²) >= 11 is 0. The number of halogens is 3. The Hall–Kier alpha value is -1.54. The molecule has 5 nitrogen and oxygen atoms in total. The van der Waals surface area contributed by atoms with E-state index in [1.54, 1.807) is 4.90 Å². The van der Waals surface area contributed by atoms with Crippen LogP contribution in [0.25, 0.3) is 0 Å².